The quantitative estimate of drug-likeness (QED) is 0.0305. The molecule has 738 valence electrons. The lowest BCUT2D eigenvalue weighted by Crippen LogP contribution is -2.51. The highest BCUT2D eigenvalue weighted by Gasteiger charge is 2.52. The number of Topliss-reactive ketones (excluding diaryl/α,β-unsaturated/α-hetero) is 2. The van der Waals surface area contributed by atoms with Gasteiger partial charge in [0.15, 0.2) is 11.6 Å². The molecule has 5 aromatic carbocycles. The van der Waals surface area contributed by atoms with Crippen LogP contribution in [0.4, 0.5) is 56.9 Å². The Hall–Kier alpha value is -12.9. The van der Waals surface area contributed by atoms with Crippen molar-refractivity contribution >= 4 is 98.0 Å². The number of ether oxygens (including phenoxy) is 1. The summed E-state index contributed by atoms with van der Waals surface area (Å²) < 4.78 is 5.80. The number of pyridine rings is 5. The molecule has 4 N–H and O–H groups in total. The van der Waals surface area contributed by atoms with Gasteiger partial charge in [-0.2, -0.15) is 0 Å². The van der Waals surface area contributed by atoms with Gasteiger partial charge in [0.1, 0.15) is 5.75 Å². The summed E-state index contributed by atoms with van der Waals surface area (Å²) in [7, 11) is 5.66. The number of aliphatic hydroxyl groups excluding tert-OH is 2. The summed E-state index contributed by atoms with van der Waals surface area (Å²) in [5, 5.41) is 26.8. The Kier molecular flexibility index (Phi) is 28.4. The lowest BCUT2D eigenvalue weighted by Gasteiger charge is -2.41. The van der Waals surface area contributed by atoms with E-state index in [4.69, 9.17) is 4.74 Å². The van der Waals surface area contributed by atoms with Crippen molar-refractivity contribution in [2.24, 2.45) is 0 Å². The van der Waals surface area contributed by atoms with Crippen molar-refractivity contribution in [2.45, 2.75) is 162 Å². The number of aliphatic hydroxyl groups is 2. The first-order chi connectivity index (χ1) is 69.4. The number of fused-ring (bicyclic) bond motifs is 15. The number of amides is 5. The maximum atomic E-state index is 12.5. The van der Waals surface area contributed by atoms with Crippen LogP contribution in [0.5, 0.6) is 5.75 Å². The van der Waals surface area contributed by atoms with E-state index in [-0.39, 0.29) is 41.1 Å². The summed E-state index contributed by atoms with van der Waals surface area (Å²) in [4.78, 5) is 136. The fourth-order valence-electron chi connectivity index (χ4n) is 25.7. The Morgan fingerprint density at radius 1 is 0.345 bits per heavy atom. The molecular formula is C112H130N20O10. The van der Waals surface area contributed by atoms with Gasteiger partial charge in [0.2, 0.25) is 29.5 Å². The van der Waals surface area contributed by atoms with Crippen LogP contribution in [0.2, 0.25) is 0 Å². The zero-order valence-electron chi connectivity index (χ0n) is 81.6. The third-order valence-corrected chi connectivity index (χ3v) is 32.7. The van der Waals surface area contributed by atoms with Gasteiger partial charge in [-0.1, -0.05) is 60.7 Å². The molecule has 0 radical (unpaired) electrons. The van der Waals surface area contributed by atoms with Gasteiger partial charge in [-0.25, -0.2) is 0 Å². The van der Waals surface area contributed by atoms with E-state index >= 15 is 0 Å². The second-order valence-electron chi connectivity index (χ2n) is 40.8. The molecule has 12 atom stereocenters. The third-order valence-electron chi connectivity index (χ3n) is 32.7. The number of rotatable bonds is 25. The maximum absolute atomic E-state index is 12.5. The standard InChI is InChI=1S/C23H28N4O2.C23H26N4O2.2C22H26N4O2.C22H24N4O2/c2*1-25-20-5-2-4-17-18-14-26(12-3-6-21(28)16-7-10-24-11-8-16)13-9-19(18)27(23(17)20)15-22(25)29;1-24-20-5-2-4-17-18-14-25(11-3-13-28-16-6-9-23-10-7-16)12-8-19(18)26(22(17)20)15-21(24)27;2*27-20(15-6-9-23-10-7-15)5-2-11-25-12-8-19-17(13-25)16-3-1-4-18-22(16)26(19)14-21(28)24-18/h2,4-5,7-8,10-11,18-19,21,28H,3,6,9,12-15H2,1H3;2,4-5,7-8,10-11,18-19H,3,6,9,12-15H2,1H3;2,4-7,9-10,18-19H,3,8,11-15H2,1H3;1,3-4,6-7,9-10,17,19-20,27H,2,5,8,11-14H2,(H,24,28);1,3-4,6-7,9-10,17,19H,2,5,8,11-14H2,(H,24,28)/t18-,19-,21?;2*18-,19-;17-,19-,20?;17-,19-/m00000/s1. The van der Waals surface area contributed by atoms with Crippen molar-refractivity contribution in [3.05, 3.63) is 264 Å². The van der Waals surface area contributed by atoms with E-state index in [1.807, 2.05) is 85.5 Å². The smallest absolute Gasteiger partial charge is 0.246 e. The lowest BCUT2D eigenvalue weighted by atomic mass is 9.89. The van der Waals surface area contributed by atoms with Gasteiger partial charge in [-0.05, 0) is 233 Å². The van der Waals surface area contributed by atoms with Gasteiger partial charge in [0.05, 0.1) is 108 Å². The Morgan fingerprint density at radius 2 is 0.627 bits per heavy atom. The molecule has 5 amide bonds. The predicted molar refractivity (Wildman–Crippen MR) is 551 cm³/mol. The van der Waals surface area contributed by atoms with Crippen LogP contribution in [0, 0.1) is 0 Å². The molecule has 30 nitrogen and oxygen atoms in total. The fraction of sp³-hybridized carbons (Fsp3) is 0.446. The van der Waals surface area contributed by atoms with E-state index in [9.17, 15) is 43.8 Å². The number of anilines is 10. The molecule has 0 spiro atoms. The summed E-state index contributed by atoms with van der Waals surface area (Å²) >= 11 is 0. The average Bonchev–Trinajstić information content (AvgIpc) is 1.55. The number of nitrogens with zero attached hydrogens (tertiary/aromatic N) is 18. The van der Waals surface area contributed by atoms with Crippen molar-refractivity contribution < 1.29 is 48.5 Å². The molecule has 0 saturated carbocycles. The fourth-order valence-corrected chi connectivity index (χ4v) is 25.7. The summed E-state index contributed by atoms with van der Waals surface area (Å²) in [6.45, 7) is 18.4. The average molecular weight is 1920 g/mol. The van der Waals surface area contributed by atoms with Crippen molar-refractivity contribution in [3.63, 3.8) is 0 Å². The molecule has 30 heteroatoms. The second kappa shape index (κ2) is 42.3. The summed E-state index contributed by atoms with van der Waals surface area (Å²) in [5.74, 6) is 4.28. The minimum absolute atomic E-state index is 0.0855. The van der Waals surface area contributed by atoms with Gasteiger partial charge in [-0.3, -0.25) is 58.5 Å². The zero-order chi connectivity index (χ0) is 97.2. The number of hydrogen-bond acceptors (Lipinski definition) is 25. The van der Waals surface area contributed by atoms with Crippen molar-refractivity contribution in [1.29, 1.82) is 0 Å². The number of para-hydroxylation sites is 5. The molecule has 2 unspecified atom stereocenters. The van der Waals surface area contributed by atoms with Crippen LogP contribution in [-0.2, 0) is 24.0 Å². The van der Waals surface area contributed by atoms with E-state index in [1.54, 1.807) is 91.1 Å². The topological polar surface area (TPSA) is 300 Å². The van der Waals surface area contributed by atoms with Gasteiger partial charge in [0.25, 0.3) is 0 Å². The van der Waals surface area contributed by atoms with Crippen LogP contribution < -0.4 is 54.6 Å². The third kappa shape index (κ3) is 19.6. The summed E-state index contributed by atoms with van der Waals surface area (Å²) in [6.07, 6.45) is 29.0. The first kappa shape index (κ1) is 95.3. The SMILES string of the molecule is CN1C(=O)CN2c3c(cccc31)[C@@H]1CN(CCCC(=O)c3ccncc3)CC[C@@H]12.CN1C(=O)CN2c3c(cccc31)[C@@H]1CN(CCCC(O)c3ccncc3)CC[C@@H]12.CN1C(=O)CN2c3c(cccc31)[C@@H]1CN(CCCOc3ccncc3)CC[C@@H]12.O=C1CN2c3c(cccc3[C@@H]3CN(CCCC(=O)c4ccncc4)CC[C@@H]32)N1.O=C1CN2c3c(cccc3[C@@H]3CN(CCCC(O)c4ccncc4)CC[C@@H]32)N1. The van der Waals surface area contributed by atoms with Gasteiger partial charge >= 0.3 is 0 Å². The molecule has 5 aromatic heterocycles. The van der Waals surface area contributed by atoms with E-state index in [0.717, 1.165) is 238 Å². The minimum atomic E-state index is -0.420. The lowest BCUT2D eigenvalue weighted by molar-refractivity contribution is -0.118. The van der Waals surface area contributed by atoms with E-state index in [1.165, 1.54) is 56.3 Å². The van der Waals surface area contributed by atoms with Crippen LogP contribution in [0.1, 0.15) is 191 Å². The van der Waals surface area contributed by atoms with Crippen molar-refractivity contribution in [2.75, 3.05) is 208 Å². The Balaban J connectivity index is 0.000000105. The van der Waals surface area contributed by atoms with Crippen LogP contribution in [0.3, 0.4) is 0 Å². The van der Waals surface area contributed by atoms with Crippen molar-refractivity contribution in [3.8, 4) is 5.75 Å². The molecule has 142 heavy (non-hydrogen) atoms. The molecule has 5 saturated heterocycles. The van der Waals surface area contributed by atoms with Crippen LogP contribution in [0.15, 0.2) is 214 Å². The van der Waals surface area contributed by atoms with Crippen molar-refractivity contribution in [1.82, 2.24) is 49.4 Å². The number of hydrogen-bond donors (Lipinski definition) is 4. The number of carbonyl (C=O) groups excluding carboxylic acids is 7. The number of piperidine rings is 5. The number of likely N-dealkylation sites (tertiary alicyclic amines) is 5. The first-order valence-corrected chi connectivity index (χ1v) is 51.4. The minimum Gasteiger partial charge on any atom is -0.493 e. The monoisotopic (exact) mass is 1920 g/mol. The molecule has 20 heterocycles. The van der Waals surface area contributed by atoms with Gasteiger partial charge in [0, 0.05) is 239 Å². The second-order valence-corrected chi connectivity index (χ2v) is 40.8. The normalized spacial score (nSPS) is 23.7. The van der Waals surface area contributed by atoms with Crippen LogP contribution >= 0.6 is 0 Å². The number of aromatic nitrogens is 5. The molecule has 0 bridgehead atoms. The Labute approximate surface area is 831 Å². The number of ketones is 2. The number of nitrogens with one attached hydrogen (secondary N) is 2. The van der Waals surface area contributed by atoms with E-state index in [0.29, 0.717) is 105 Å². The zero-order valence-corrected chi connectivity index (χ0v) is 81.6. The first-order valence-electron chi connectivity index (χ1n) is 51.4. The molecule has 0 aliphatic carbocycles. The Morgan fingerprint density at radius 3 is 0.958 bits per heavy atom. The largest absolute Gasteiger partial charge is 0.493 e. The number of benzene rings is 5. The molecule has 10 aromatic rings. The van der Waals surface area contributed by atoms with E-state index < -0.39 is 12.2 Å². The number of likely N-dealkylation sites (N-methyl/N-ethyl adjacent to an activating group) is 3. The molecule has 15 aliphatic rings. The highest BCUT2D eigenvalue weighted by Crippen LogP contribution is 2.56. The van der Waals surface area contributed by atoms with Gasteiger partial charge in [-0.15, -0.1) is 0 Å². The molecule has 15 aliphatic heterocycles. The van der Waals surface area contributed by atoms with E-state index in [2.05, 4.69) is 157 Å². The number of carbonyl (C=O) groups is 7. The molecule has 5 fully saturated rings. The predicted octanol–water partition coefficient (Wildman–Crippen LogP) is 13.0. The van der Waals surface area contributed by atoms with Crippen LogP contribution in [-0.4, -0.2) is 290 Å². The molecule has 25 rings (SSSR count). The van der Waals surface area contributed by atoms with Gasteiger partial charge < -0.3 is 89.3 Å². The van der Waals surface area contributed by atoms with Crippen LogP contribution in [0.25, 0.3) is 0 Å². The summed E-state index contributed by atoms with van der Waals surface area (Å²) in [6, 6.07) is 52.4. The maximum Gasteiger partial charge on any atom is 0.246 e. The highest BCUT2D eigenvalue weighted by atomic mass is 16.5. The molecular weight excluding hydrogens is 1790 g/mol. The summed E-state index contributed by atoms with van der Waals surface area (Å²) in [5.41, 5.74) is 21.7. The Bertz CT molecular complexity index is 6240. The highest BCUT2D eigenvalue weighted by molar-refractivity contribution is 6.08.